The number of rotatable bonds is 10. The predicted octanol–water partition coefficient (Wildman–Crippen LogP) is 3.71. The van der Waals surface area contributed by atoms with Crippen LogP contribution in [0.1, 0.15) is 28.7 Å². The van der Waals surface area contributed by atoms with Crippen molar-refractivity contribution in [2.45, 2.75) is 25.2 Å². The number of nitriles is 1. The van der Waals surface area contributed by atoms with Gasteiger partial charge in [0.1, 0.15) is 6.61 Å². The lowest BCUT2D eigenvalue weighted by Gasteiger charge is -2.34. The fourth-order valence-corrected chi connectivity index (χ4v) is 5.67. The zero-order valence-corrected chi connectivity index (χ0v) is 22.8. The maximum absolute atomic E-state index is 11.4. The maximum Gasteiger partial charge on any atom is 0.225 e. The van der Waals surface area contributed by atoms with Crippen molar-refractivity contribution in [3.63, 3.8) is 0 Å². The first-order valence-corrected chi connectivity index (χ1v) is 15.1. The molecule has 4 aromatic rings. The molecule has 5 rings (SSSR count). The zero-order valence-electron chi connectivity index (χ0n) is 22.0. The minimum Gasteiger partial charge on any atom is -0.486 e. The third-order valence-electron chi connectivity index (χ3n) is 6.94. The van der Waals surface area contributed by atoms with E-state index in [9.17, 15) is 13.7 Å². The summed E-state index contributed by atoms with van der Waals surface area (Å²) in [5.41, 5.74) is 4.75. The van der Waals surface area contributed by atoms with Gasteiger partial charge in [-0.05, 0) is 54.3 Å². The third kappa shape index (κ3) is 7.13. The lowest BCUT2D eigenvalue weighted by atomic mass is 10.1. The molecule has 10 heteroatoms. The van der Waals surface area contributed by atoms with Gasteiger partial charge in [0.05, 0.1) is 29.8 Å². The number of aryl methyl sites for hydroxylation is 1. The number of nitrogens with zero attached hydrogens (tertiary/aromatic N) is 5. The van der Waals surface area contributed by atoms with Crippen LogP contribution in [0, 0.1) is 11.3 Å². The molecule has 202 valence electrons. The van der Waals surface area contributed by atoms with Crippen molar-refractivity contribution in [1.29, 1.82) is 5.26 Å². The van der Waals surface area contributed by atoms with Crippen LogP contribution in [-0.2, 0) is 28.6 Å². The van der Waals surface area contributed by atoms with E-state index >= 15 is 0 Å². The standard InChI is InChI=1S/C29H32N6O3S/c1-39(36,37)21-23-6-4-22(5-7-23)20-38-26-18-32-29(33-19-26)35-13-11-34(12-14-35)10-2-3-25-17-31-28-9-8-24(16-30)15-27(25)28/h4-9,15,17-19,31H,2-3,10-14,20-21H2,1H3. The number of nitrogens with one attached hydrogen (secondary N) is 1. The summed E-state index contributed by atoms with van der Waals surface area (Å²) in [4.78, 5) is 17.0. The Balaban J connectivity index is 1.05. The summed E-state index contributed by atoms with van der Waals surface area (Å²) in [6.07, 6.45) is 8.73. The summed E-state index contributed by atoms with van der Waals surface area (Å²) in [6.45, 7) is 5.06. The van der Waals surface area contributed by atoms with Crippen molar-refractivity contribution in [3.8, 4) is 11.8 Å². The summed E-state index contributed by atoms with van der Waals surface area (Å²) in [6, 6.07) is 15.4. The predicted molar refractivity (Wildman–Crippen MR) is 151 cm³/mol. The molecule has 1 N–H and O–H groups in total. The van der Waals surface area contributed by atoms with E-state index in [2.05, 4.69) is 37.0 Å². The highest BCUT2D eigenvalue weighted by molar-refractivity contribution is 7.89. The molecule has 39 heavy (non-hydrogen) atoms. The molecule has 1 fully saturated rings. The lowest BCUT2D eigenvalue weighted by molar-refractivity contribution is 0.254. The normalized spacial score (nSPS) is 14.4. The van der Waals surface area contributed by atoms with E-state index in [1.807, 2.05) is 42.5 Å². The van der Waals surface area contributed by atoms with E-state index in [4.69, 9.17) is 4.74 Å². The number of ether oxygens (including phenoxy) is 1. The van der Waals surface area contributed by atoms with E-state index in [0.29, 0.717) is 23.9 Å². The van der Waals surface area contributed by atoms with E-state index in [1.165, 1.54) is 11.8 Å². The van der Waals surface area contributed by atoms with Crippen LogP contribution in [0.15, 0.2) is 61.1 Å². The van der Waals surface area contributed by atoms with Gasteiger partial charge in [0.25, 0.3) is 0 Å². The van der Waals surface area contributed by atoms with Crippen LogP contribution in [0.5, 0.6) is 5.75 Å². The molecule has 0 saturated carbocycles. The van der Waals surface area contributed by atoms with Crippen molar-refractivity contribution < 1.29 is 13.2 Å². The fourth-order valence-electron chi connectivity index (χ4n) is 4.87. The van der Waals surface area contributed by atoms with Gasteiger partial charge in [-0.25, -0.2) is 18.4 Å². The Kier molecular flexibility index (Phi) is 8.10. The number of piperazine rings is 1. The Bertz CT molecular complexity index is 1550. The number of anilines is 1. The lowest BCUT2D eigenvalue weighted by Crippen LogP contribution is -2.47. The number of hydrogen-bond acceptors (Lipinski definition) is 8. The summed E-state index contributed by atoms with van der Waals surface area (Å²) >= 11 is 0. The SMILES string of the molecule is CS(=O)(=O)Cc1ccc(COc2cnc(N3CCN(CCCc4c[nH]c5ccc(C#N)cc45)CC3)nc2)cc1. The molecule has 0 atom stereocenters. The van der Waals surface area contributed by atoms with Gasteiger partial charge in [0.2, 0.25) is 5.95 Å². The average molecular weight is 545 g/mol. The minimum absolute atomic E-state index is 0.0353. The average Bonchev–Trinajstić information content (AvgIpc) is 3.34. The number of H-pyrrole nitrogens is 1. The van der Waals surface area contributed by atoms with Gasteiger partial charge < -0.3 is 14.6 Å². The summed E-state index contributed by atoms with van der Waals surface area (Å²) in [7, 11) is -3.05. The molecule has 0 bridgehead atoms. The molecule has 0 amide bonds. The second-order valence-corrected chi connectivity index (χ2v) is 12.2. The summed E-state index contributed by atoms with van der Waals surface area (Å²) in [5.74, 6) is 1.34. The molecule has 1 saturated heterocycles. The first kappa shape index (κ1) is 26.7. The number of aromatic nitrogens is 3. The second-order valence-electron chi connectivity index (χ2n) is 10.0. The van der Waals surface area contributed by atoms with Crippen LogP contribution in [0.3, 0.4) is 0 Å². The minimum atomic E-state index is -3.05. The fraction of sp³-hybridized carbons (Fsp3) is 0.345. The Labute approximate surface area is 229 Å². The van der Waals surface area contributed by atoms with Crippen molar-refractivity contribution >= 4 is 26.7 Å². The quantitative estimate of drug-likeness (QED) is 0.321. The molecule has 0 radical (unpaired) electrons. The van der Waals surface area contributed by atoms with Crippen LogP contribution < -0.4 is 9.64 Å². The van der Waals surface area contributed by atoms with Crippen LogP contribution in [-0.4, -0.2) is 67.2 Å². The number of hydrogen-bond donors (Lipinski definition) is 1. The van der Waals surface area contributed by atoms with Gasteiger partial charge >= 0.3 is 0 Å². The molecule has 1 aliphatic rings. The van der Waals surface area contributed by atoms with Crippen LogP contribution in [0.4, 0.5) is 5.95 Å². The van der Waals surface area contributed by atoms with Crippen molar-refractivity contribution in [2.75, 3.05) is 43.9 Å². The molecule has 2 aromatic carbocycles. The number of aromatic amines is 1. The van der Waals surface area contributed by atoms with Gasteiger partial charge in [0.15, 0.2) is 15.6 Å². The Morgan fingerprint density at radius 2 is 1.74 bits per heavy atom. The van der Waals surface area contributed by atoms with Crippen LogP contribution >= 0.6 is 0 Å². The Morgan fingerprint density at radius 3 is 2.44 bits per heavy atom. The maximum atomic E-state index is 11.4. The molecular formula is C29H32N6O3S. The molecule has 0 unspecified atom stereocenters. The highest BCUT2D eigenvalue weighted by Crippen LogP contribution is 2.22. The van der Waals surface area contributed by atoms with E-state index in [1.54, 1.807) is 12.4 Å². The zero-order chi connectivity index (χ0) is 27.2. The molecule has 3 heterocycles. The van der Waals surface area contributed by atoms with Gasteiger partial charge in [-0.2, -0.15) is 5.26 Å². The first-order valence-electron chi connectivity index (χ1n) is 13.0. The van der Waals surface area contributed by atoms with Gasteiger partial charge in [-0.1, -0.05) is 24.3 Å². The number of fused-ring (bicyclic) bond motifs is 1. The van der Waals surface area contributed by atoms with Gasteiger partial charge in [-0.3, -0.25) is 4.90 Å². The van der Waals surface area contributed by atoms with Crippen LogP contribution in [0.2, 0.25) is 0 Å². The largest absolute Gasteiger partial charge is 0.486 e. The number of benzene rings is 2. The van der Waals surface area contributed by atoms with E-state index in [-0.39, 0.29) is 5.75 Å². The van der Waals surface area contributed by atoms with E-state index < -0.39 is 9.84 Å². The Hall–Kier alpha value is -3.94. The van der Waals surface area contributed by atoms with Gasteiger partial charge in [-0.15, -0.1) is 0 Å². The Morgan fingerprint density at radius 1 is 1.03 bits per heavy atom. The first-order chi connectivity index (χ1) is 18.9. The van der Waals surface area contributed by atoms with Crippen molar-refractivity contribution in [3.05, 3.63) is 83.3 Å². The molecular weight excluding hydrogens is 512 g/mol. The highest BCUT2D eigenvalue weighted by atomic mass is 32.2. The molecule has 0 spiro atoms. The smallest absolute Gasteiger partial charge is 0.225 e. The van der Waals surface area contributed by atoms with Crippen molar-refractivity contribution in [2.24, 2.45) is 0 Å². The molecule has 0 aliphatic carbocycles. The topological polar surface area (TPSA) is 115 Å². The van der Waals surface area contributed by atoms with Crippen LogP contribution in [0.25, 0.3) is 10.9 Å². The molecule has 1 aliphatic heterocycles. The van der Waals surface area contributed by atoms with Gasteiger partial charge in [0, 0.05) is 49.5 Å². The third-order valence-corrected chi connectivity index (χ3v) is 7.80. The summed E-state index contributed by atoms with van der Waals surface area (Å²) < 4.78 is 28.7. The molecule has 9 nitrogen and oxygen atoms in total. The van der Waals surface area contributed by atoms with E-state index in [0.717, 1.165) is 67.6 Å². The van der Waals surface area contributed by atoms with Crippen molar-refractivity contribution in [1.82, 2.24) is 19.9 Å². The highest BCUT2D eigenvalue weighted by Gasteiger charge is 2.19. The monoisotopic (exact) mass is 544 g/mol. The second kappa shape index (κ2) is 11.8. The number of sulfone groups is 1. The molecule has 2 aromatic heterocycles. The summed E-state index contributed by atoms with van der Waals surface area (Å²) in [5, 5.41) is 10.3.